The average Bonchev–Trinajstić information content (AvgIpc) is 2.88. The van der Waals surface area contributed by atoms with Gasteiger partial charge in [-0.3, -0.25) is 4.79 Å². The van der Waals surface area contributed by atoms with Crippen molar-refractivity contribution in [3.05, 3.63) is 18.2 Å². The van der Waals surface area contributed by atoms with Crippen molar-refractivity contribution in [2.24, 2.45) is 0 Å². The summed E-state index contributed by atoms with van der Waals surface area (Å²) in [5.41, 5.74) is 0.479. The fraction of sp³-hybridized carbons (Fsp3) is 0.611. The first kappa shape index (κ1) is 20.5. The number of sulfonamides is 1. The molecule has 0 aliphatic heterocycles. The van der Waals surface area contributed by atoms with Crippen LogP contribution in [0.25, 0.3) is 0 Å². The van der Waals surface area contributed by atoms with Gasteiger partial charge in [0.1, 0.15) is 11.5 Å². The van der Waals surface area contributed by atoms with Crippen LogP contribution in [0.1, 0.15) is 38.5 Å². The summed E-state index contributed by atoms with van der Waals surface area (Å²) in [6.07, 6.45) is 6.97. The van der Waals surface area contributed by atoms with Gasteiger partial charge in [-0.1, -0.05) is 25.7 Å². The van der Waals surface area contributed by atoms with E-state index in [-0.39, 0.29) is 18.5 Å². The summed E-state index contributed by atoms with van der Waals surface area (Å²) in [5, 5.41) is 2.74. The number of hydrogen-bond acceptors (Lipinski definition) is 5. The molecule has 26 heavy (non-hydrogen) atoms. The fourth-order valence-electron chi connectivity index (χ4n) is 3.30. The van der Waals surface area contributed by atoms with Gasteiger partial charge in [-0.2, -0.15) is 4.31 Å². The molecule has 1 N–H and O–H groups in total. The molecule has 1 aliphatic rings. The zero-order chi connectivity index (χ0) is 19.2. The number of rotatable bonds is 7. The predicted octanol–water partition coefficient (Wildman–Crippen LogP) is 2.63. The largest absolute Gasteiger partial charge is 0.497 e. The summed E-state index contributed by atoms with van der Waals surface area (Å²) in [5.74, 6) is 0.678. The Morgan fingerprint density at radius 2 is 1.81 bits per heavy atom. The molecule has 146 valence electrons. The maximum Gasteiger partial charge on any atom is 0.239 e. The van der Waals surface area contributed by atoms with Crippen molar-refractivity contribution in [2.45, 2.75) is 44.6 Å². The van der Waals surface area contributed by atoms with E-state index in [0.717, 1.165) is 38.5 Å². The van der Waals surface area contributed by atoms with Crippen LogP contribution in [0.2, 0.25) is 0 Å². The quantitative estimate of drug-likeness (QED) is 0.731. The highest BCUT2D eigenvalue weighted by molar-refractivity contribution is 7.88. The van der Waals surface area contributed by atoms with Gasteiger partial charge in [0.2, 0.25) is 15.9 Å². The number of amides is 1. The Labute approximate surface area is 155 Å². The number of ether oxygens (including phenoxy) is 2. The zero-order valence-corrected chi connectivity index (χ0v) is 16.5. The van der Waals surface area contributed by atoms with Crippen LogP contribution in [0.15, 0.2) is 18.2 Å². The summed E-state index contributed by atoms with van der Waals surface area (Å²) in [6, 6.07) is 4.93. The molecule has 0 saturated heterocycles. The highest BCUT2D eigenvalue weighted by Gasteiger charge is 2.29. The number of benzene rings is 1. The summed E-state index contributed by atoms with van der Waals surface area (Å²) < 4.78 is 36.2. The van der Waals surface area contributed by atoms with Crippen molar-refractivity contribution in [3.63, 3.8) is 0 Å². The van der Waals surface area contributed by atoms with E-state index in [9.17, 15) is 13.2 Å². The molecule has 0 atom stereocenters. The monoisotopic (exact) mass is 384 g/mol. The molecule has 1 saturated carbocycles. The zero-order valence-electron chi connectivity index (χ0n) is 15.7. The van der Waals surface area contributed by atoms with Crippen LogP contribution in [-0.2, 0) is 14.8 Å². The highest BCUT2D eigenvalue weighted by atomic mass is 32.2. The van der Waals surface area contributed by atoms with Crippen LogP contribution in [0.3, 0.4) is 0 Å². The van der Waals surface area contributed by atoms with Crippen molar-refractivity contribution < 1.29 is 22.7 Å². The van der Waals surface area contributed by atoms with Crippen molar-refractivity contribution in [1.82, 2.24) is 4.31 Å². The van der Waals surface area contributed by atoms with E-state index in [4.69, 9.17) is 9.47 Å². The lowest BCUT2D eigenvalue weighted by atomic mass is 10.1. The number of hydrogen-bond donors (Lipinski definition) is 1. The molecule has 2 rings (SSSR count). The minimum atomic E-state index is -3.47. The first-order valence-corrected chi connectivity index (χ1v) is 10.7. The molecule has 7 nitrogen and oxygen atoms in total. The maximum absolute atomic E-state index is 12.5. The van der Waals surface area contributed by atoms with Crippen LogP contribution in [0, 0.1) is 0 Å². The van der Waals surface area contributed by atoms with Gasteiger partial charge in [-0.15, -0.1) is 0 Å². The minimum absolute atomic E-state index is 0.115. The van der Waals surface area contributed by atoms with Gasteiger partial charge in [-0.25, -0.2) is 8.42 Å². The first-order valence-electron chi connectivity index (χ1n) is 8.84. The molecular weight excluding hydrogens is 356 g/mol. The summed E-state index contributed by atoms with van der Waals surface area (Å²) in [7, 11) is -0.429. The van der Waals surface area contributed by atoms with Gasteiger partial charge >= 0.3 is 0 Å². The highest BCUT2D eigenvalue weighted by Crippen LogP contribution is 2.29. The van der Waals surface area contributed by atoms with Gasteiger partial charge < -0.3 is 14.8 Å². The second kappa shape index (κ2) is 9.23. The third-order valence-corrected chi connectivity index (χ3v) is 5.92. The molecule has 0 radical (unpaired) electrons. The van der Waals surface area contributed by atoms with Crippen molar-refractivity contribution >= 4 is 21.6 Å². The van der Waals surface area contributed by atoms with Gasteiger partial charge in [-0.05, 0) is 25.0 Å². The Morgan fingerprint density at radius 1 is 1.15 bits per heavy atom. The lowest BCUT2D eigenvalue weighted by molar-refractivity contribution is -0.116. The van der Waals surface area contributed by atoms with E-state index in [2.05, 4.69) is 5.32 Å². The van der Waals surface area contributed by atoms with E-state index in [1.54, 1.807) is 25.3 Å². The Balaban J connectivity index is 2.12. The molecule has 0 aromatic heterocycles. The Morgan fingerprint density at radius 3 is 2.35 bits per heavy atom. The standard InChI is InChI=1S/C18H28N2O5S/c1-24-15-10-11-16(17(12-15)25-2)19-18(21)13-20(26(3,22)23)14-8-6-4-5-7-9-14/h10-12,14H,4-9,13H2,1-3H3,(H,19,21). The molecule has 8 heteroatoms. The number of carbonyl (C=O) groups is 1. The van der Waals surface area contributed by atoms with Crippen LogP contribution < -0.4 is 14.8 Å². The lowest BCUT2D eigenvalue weighted by Gasteiger charge is -2.28. The Kier molecular flexibility index (Phi) is 7.28. The van der Waals surface area contributed by atoms with Crippen molar-refractivity contribution in [1.29, 1.82) is 0 Å². The lowest BCUT2D eigenvalue weighted by Crippen LogP contribution is -2.44. The van der Waals surface area contributed by atoms with Gasteiger partial charge in [0.25, 0.3) is 0 Å². The average molecular weight is 384 g/mol. The number of nitrogens with one attached hydrogen (secondary N) is 1. The molecule has 0 heterocycles. The summed E-state index contributed by atoms with van der Waals surface area (Å²) >= 11 is 0. The molecule has 1 aromatic carbocycles. The third-order valence-electron chi connectivity index (χ3n) is 4.64. The summed E-state index contributed by atoms with van der Waals surface area (Å²) in [4.78, 5) is 12.5. The smallest absolute Gasteiger partial charge is 0.239 e. The van der Waals surface area contributed by atoms with E-state index in [0.29, 0.717) is 17.2 Å². The van der Waals surface area contributed by atoms with Crippen LogP contribution in [0.4, 0.5) is 5.69 Å². The SMILES string of the molecule is COc1ccc(NC(=O)CN(C2CCCCCC2)S(C)(=O)=O)c(OC)c1. The second-order valence-electron chi connectivity index (χ2n) is 6.57. The second-order valence-corrected chi connectivity index (χ2v) is 8.50. The van der Waals surface area contributed by atoms with Crippen LogP contribution >= 0.6 is 0 Å². The number of nitrogens with zero attached hydrogens (tertiary/aromatic N) is 1. The molecule has 1 aromatic rings. The van der Waals surface area contributed by atoms with Crippen LogP contribution in [-0.4, -0.2) is 51.7 Å². The van der Waals surface area contributed by atoms with Gasteiger partial charge in [0.15, 0.2) is 0 Å². The Hall–Kier alpha value is -1.80. The van der Waals surface area contributed by atoms with E-state index >= 15 is 0 Å². The number of anilines is 1. The molecule has 0 unspecified atom stereocenters. The summed E-state index contributed by atoms with van der Waals surface area (Å²) in [6.45, 7) is -0.196. The fourth-order valence-corrected chi connectivity index (χ4v) is 4.40. The van der Waals surface area contributed by atoms with E-state index < -0.39 is 10.0 Å². The maximum atomic E-state index is 12.5. The van der Waals surface area contributed by atoms with Crippen LogP contribution in [0.5, 0.6) is 11.5 Å². The number of methoxy groups -OCH3 is 2. The van der Waals surface area contributed by atoms with E-state index in [1.807, 2.05) is 0 Å². The van der Waals surface area contributed by atoms with Gasteiger partial charge in [0.05, 0.1) is 32.7 Å². The molecule has 0 spiro atoms. The number of carbonyl (C=O) groups excluding carboxylic acids is 1. The molecule has 0 bridgehead atoms. The molecule has 1 aliphatic carbocycles. The molecule has 1 amide bonds. The predicted molar refractivity (Wildman–Crippen MR) is 101 cm³/mol. The molecule has 1 fully saturated rings. The third kappa shape index (κ3) is 5.60. The minimum Gasteiger partial charge on any atom is -0.497 e. The van der Waals surface area contributed by atoms with Crippen molar-refractivity contribution in [3.8, 4) is 11.5 Å². The first-order chi connectivity index (χ1) is 12.3. The normalized spacial score (nSPS) is 16.2. The van der Waals surface area contributed by atoms with Gasteiger partial charge in [0, 0.05) is 12.1 Å². The topological polar surface area (TPSA) is 84.9 Å². The Bertz CT molecular complexity index is 712. The van der Waals surface area contributed by atoms with E-state index in [1.165, 1.54) is 17.7 Å². The van der Waals surface area contributed by atoms with Crippen molar-refractivity contribution in [2.75, 3.05) is 32.3 Å². The molecular formula is C18H28N2O5S.